The maximum absolute atomic E-state index is 12.9. The lowest BCUT2D eigenvalue weighted by Crippen LogP contribution is -2.54. The van der Waals surface area contributed by atoms with Gasteiger partial charge < -0.3 is 14.2 Å². The van der Waals surface area contributed by atoms with E-state index in [-0.39, 0.29) is 23.9 Å². The van der Waals surface area contributed by atoms with Gasteiger partial charge in [0.2, 0.25) is 0 Å². The monoisotopic (exact) mass is 348 g/mol. The lowest BCUT2D eigenvalue weighted by atomic mass is 9.82. The van der Waals surface area contributed by atoms with Crippen molar-refractivity contribution >= 4 is 17.5 Å². The second kappa shape index (κ2) is 5.31. The highest BCUT2D eigenvalue weighted by Gasteiger charge is 2.71. The van der Waals surface area contributed by atoms with Crippen molar-refractivity contribution in [2.24, 2.45) is 5.92 Å². The molecule has 0 aromatic heterocycles. The summed E-state index contributed by atoms with van der Waals surface area (Å²) in [6, 6.07) is 10.2. The summed E-state index contributed by atoms with van der Waals surface area (Å²) in [6.07, 6.45) is 0.00180. The van der Waals surface area contributed by atoms with E-state index in [9.17, 15) is 4.79 Å². The van der Waals surface area contributed by atoms with Gasteiger partial charge in [0.05, 0.1) is 5.92 Å². The van der Waals surface area contributed by atoms with Crippen molar-refractivity contribution < 1.29 is 19.0 Å². The van der Waals surface area contributed by atoms with Crippen LogP contribution in [0.1, 0.15) is 34.1 Å². The highest BCUT2D eigenvalue weighted by atomic mass is 32.2. The zero-order valence-electron chi connectivity index (χ0n) is 14.6. The third-order valence-electron chi connectivity index (χ3n) is 5.48. The Morgan fingerprint density at radius 1 is 1.08 bits per heavy atom. The first-order valence-corrected chi connectivity index (χ1v) is 9.48. The summed E-state index contributed by atoms with van der Waals surface area (Å²) in [6.45, 7) is 7.87. The first kappa shape index (κ1) is 16.6. The van der Waals surface area contributed by atoms with E-state index in [0.717, 1.165) is 0 Å². The van der Waals surface area contributed by atoms with Crippen LogP contribution in [0.5, 0.6) is 0 Å². The van der Waals surface area contributed by atoms with Gasteiger partial charge in [-0.15, -0.1) is 11.8 Å². The summed E-state index contributed by atoms with van der Waals surface area (Å²) in [5.41, 5.74) is -1.22. The van der Waals surface area contributed by atoms with Crippen molar-refractivity contribution in [3.8, 4) is 0 Å². The minimum atomic E-state index is -0.635. The zero-order valence-corrected chi connectivity index (χ0v) is 15.4. The number of hydrogen-bond donors (Lipinski definition) is 0. The molecular formula is C19H24O4S. The molecule has 24 heavy (non-hydrogen) atoms. The van der Waals surface area contributed by atoms with E-state index in [1.54, 1.807) is 11.8 Å². The van der Waals surface area contributed by atoms with Gasteiger partial charge in [-0.3, -0.25) is 4.79 Å². The fourth-order valence-electron chi connectivity index (χ4n) is 4.39. The molecule has 3 aliphatic heterocycles. The second-order valence-corrected chi connectivity index (χ2v) is 8.99. The normalized spacial score (nSPS) is 43.0. The topological polar surface area (TPSA) is 44.8 Å². The highest BCUT2D eigenvalue weighted by molar-refractivity contribution is 7.99. The van der Waals surface area contributed by atoms with Gasteiger partial charge in [-0.2, -0.15) is 0 Å². The Morgan fingerprint density at radius 2 is 1.75 bits per heavy atom. The van der Waals surface area contributed by atoms with Gasteiger partial charge in [-0.1, -0.05) is 18.2 Å². The number of Topliss-reactive ketones (excluding diaryl/α,β-unsaturated/α-hetero) is 1. The van der Waals surface area contributed by atoms with E-state index >= 15 is 0 Å². The van der Waals surface area contributed by atoms with Gasteiger partial charge in [0, 0.05) is 17.1 Å². The summed E-state index contributed by atoms with van der Waals surface area (Å²) in [7, 11) is 0. The molecule has 3 fully saturated rings. The molecular weight excluding hydrogens is 324 g/mol. The first-order chi connectivity index (χ1) is 11.2. The lowest BCUT2D eigenvalue weighted by Gasteiger charge is -2.43. The van der Waals surface area contributed by atoms with Gasteiger partial charge in [-0.05, 0) is 39.8 Å². The fraction of sp³-hybridized carbons (Fsp3) is 0.632. The van der Waals surface area contributed by atoms with E-state index in [4.69, 9.17) is 14.2 Å². The molecule has 0 radical (unpaired) electrons. The minimum Gasteiger partial charge on any atom is -0.362 e. The molecule has 0 N–H and O–H groups in total. The van der Waals surface area contributed by atoms with Gasteiger partial charge in [0.15, 0.2) is 5.79 Å². The van der Waals surface area contributed by atoms with Crippen LogP contribution in [0.2, 0.25) is 0 Å². The smallest absolute Gasteiger partial charge is 0.164 e. The quantitative estimate of drug-likeness (QED) is 0.783. The van der Waals surface area contributed by atoms with Gasteiger partial charge in [0.1, 0.15) is 29.2 Å². The summed E-state index contributed by atoms with van der Waals surface area (Å²) in [5.74, 6) is 0.138. The van der Waals surface area contributed by atoms with Crippen molar-refractivity contribution in [2.75, 3.05) is 5.75 Å². The van der Waals surface area contributed by atoms with Crippen LogP contribution in [-0.2, 0) is 19.0 Å². The van der Waals surface area contributed by atoms with Crippen molar-refractivity contribution in [3.63, 3.8) is 0 Å². The zero-order chi connectivity index (χ0) is 17.2. The van der Waals surface area contributed by atoms with E-state index in [2.05, 4.69) is 12.1 Å². The van der Waals surface area contributed by atoms with Crippen molar-refractivity contribution in [1.29, 1.82) is 0 Å². The number of hydrogen-bond acceptors (Lipinski definition) is 5. The molecule has 4 nitrogen and oxygen atoms in total. The molecule has 3 heterocycles. The van der Waals surface area contributed by atoms with E-state index in [1.807, 2.05) is 45.9 Å². The van der Waals surface area contributed by atoms with Crippen molar-refractivity contribution in [2.45, 2.75) is 68.2 Å². The first-order valence-electron chi connectivity index (χ1n) is 8.50. The maximum atomic E-state index is 12.9. The average molecular weight is 348 g/mol. The van der Waals surface area contributed by atoms with Crippen LogP contribution in [0.15, 0.2) is 35.2 Å². The Morgan fingerprint density at radius 3 is 2.46 bits per heavy atom. The molecule has 2 bridgehead atoms. The molecule has 5 atom stereocenters. The van der Waals surface area contributed by atoms with Crippen molar-refractivity contribution in [3.05, 3.63) is 30.3 Å². The molecule has 5 heteroatoms. The average Bonchev–Trinajstić information content (AvgIpc) is 2.91. The summed E-state index contributed by atoms with van der Waals surface area (Å²) < 4.78 is 18.7. The van der Waals surface area contributed by atoms with Crippen LogP contribution in [0, 0.1) is 5.92 Å². The number of benzene rings is 1. The van der Waals surface area contributed by atoms with Crippen LogP contribution in [0.4, 0.5) is 0 Å². The molecule has 0 spiro atoms. The third-order valence-corrected chi connectivity index (χ3v) is 6.59. The third kappa shape index (κ3) is 2.45. The number of rotatable bonds is 3. The number of thioether (sulfide) groups is 1. The molecule has 4 rings (SSSR count). The summed E-state index contributed by atoms with van der Waals surface area (Å²) in [4.78, 5) is 14.0. The molecule has 3 saturated heterocycles. The predicted octanol–water partition coefficient (Wildman–Crippen LogP) is 3.44. The molecule has 3 aliphatic rings. The van der Waals surface area contributed by atoms with Gasteiger partial charge in [0.25, 0.3) is 0 Å². The highest BCUT2D eigenvalue weighted by Crippen LogP contribution is 2.56. The Bertz CT molecular complexity index is 661. The van der Waals surface area contributed by atoms with Crippen molar-refractivity contribution in [1.82, 2.24) is 0 Å². The second-order valence-electron chi connectivity index (χ2n) is 7.90. The van der Waals surface area contributed by atoms with Crippen LogP contribution in [0.3, 0.4) is 0 Å². The van der Waals surface area contributed by atoms with Crippen LogP contribution >= 0.6 is 11.8 Å². The number of fused-ring (bicyclic) bond motifs is 5. The molecule has 1 aromatic rings. The van der Waals surface area contributed by atoms with Gasteiger partial charge >= 0.3 is 0 Å². The van der Waals surface area contributed by atoms with Crippen LogP contribution in [-0.4, -0.2) is 40.7 Å². The molecule has 0 unspecified atom stereocenters. The van der Waals surface area contributed by atoms with Crippen LogP contribution in [0.25, 0.3) is 0 Å². The Hall–Kier alpha value is -0.880. The number of ether oxygens (including phenoxy) is 3. The fourth-order valence-corrected chi connectivity index (χ4v) is 5.62. The lowest BCUT2D eigenvalue weighted by molar-refractivity contribution is -0.245. The standard InChI is InChI=1S/C19H24O4S/c1-17(2)21-15-16(22-17)19(4)13(14(20)10-18(15,3)23-19)11-24-12-8-6-5-7-9-12/h5-9,13,15-16H,10-11H2,1-4H3/t13-,15-,16+,18+,19-/m1/s1. The molecule has 0 aliphatic carbocycles. The van der Waals surface area contributed by atoms with Crippen LogP contribution < -0.4 is 0 Å². The minimum absolute atomic E-state index is 0.187. The molecule has 0 amide bonds. The Kier molecular flexibility index (Phi) is 3.67. The Balaban J connectivity index is 1.61. The molecule has 1 aromatic carbocycles. The van der Waals surface area contributed by atoms with E-state index in [1.165, 1.54) is 4.90 Å². The predicted molar refractivity (Wildman–Crippen MR) is 92.0 cm³/mol. The summed E-state index contributed by atoms with van der Waals surface area (Å²) in [5, 5.41) is 0. The summed E-state index contributed by atoms with van der Waals surface area (Å²) >= 11 is 1.70. The molecule has 0 saturated carbocycles. The largest absolute Gasteiger partial charge is 0.362 e. The molecule has 130 valence electrons. The number of carbonyl (C=O) groups excluding carboxylic acids is 1. The number of carbonyl (C=O) groups is 1. The Labute approximate surface area is 147 Å². The van der Waals surface area contributed by atoms with E-state index in [0.29, 0.717) is 12.2 Å². The SMILES string of the molecule is CC1(C)O[C@@H]2[C@H](O1)[C@]1(C)O[C@@]2(C)CC(=O)[C@H]1CSc1ccccc1. The maximum Gasteiger partial charge on any atom is 0.164 e. The van der Waals surface area contributed by atoms with Gasteiger partial charge in [-0.25, -0.2) is 0 Å². The number of ketones is 1. The van der Waals surface area contributed by atoms with E-state index < -0.39 is 17.0 Å².